The van der Waals surface area contributed by atoms with E-state index in [9.17, 15) is 14.7 Å². The predicted octanol–water partition coefficient (Wildman–Crippen LogP) is 2.98. The quantitative estimate of drug-likeness (QED) is 0.608. The monoisotopic (exact) mass is 311 g/mol. The van der Waals surface area contributed by atoms with Gasteiger partial charge in [-0.2, -0.15) is 0 Å². The summed E-state index contributed by atoms with van der Waals surface area (Å²) in [5.41, 5.74) is 1.50. The third-order valence-corrected chi connectivity index (χ3v) is 3.08. The maximum atomic E-state index is 11.8. The molecule has 118 valence electrons. The third kappa shape index (κ3) is 5.00. The topological polar surface area (TPSA) is 79.4 Å². The molecule has 0 atom stereocenters. The van der Waals surface area contributed by atoms with Gasteiger partial charge in [0.25, 0.3) is 0 Å². The van der Waals surface area contributed by atoms with Gasteiger partial charge in [-0.1, -0.05) is 12.1 Å². The number of ketones is 2. The Morgan fingerprint density at radius 1 is 1.17 bits per heavy atom. The Balaban J connectivity index is 1.92. The highest BCUT2D eigenvalue weighted by Crippen LogP contribution is 2.26. The highest BCUT2D eigenvalue weighted by molar-refractivity contribution is 6.10. The first kappa shape index (κ1) is 16.3. The summed E-state index contributed by atoms with van der Waals surface area (Å²) in [5, 5.41) is 9.50. The van der Waals surface area contributed by atoms with Crippen molar-refractivity contribution in [2.75, 3.05) is 7.11 Å². The number of ether oxygens (including phenoxy) is 1. The summed E-state index contributed by atoms with van der Waals surface area (Å²) in [5.74, 6) is -0.208. The van der Waals surface area contributed by atoms with Gasteiger partial charge in [0.05, 0.1) is 13.5 Å². The number of aromatic amines is 1. The number of carbonyl (C=O) groups excluding carboxylic acids is 2. The van der Waals surface area contributed by atoms with Crippen molar-refractivity contribution < 1.29 is 19.4 Å². The molecule has 1 heterocycles. The zero-order chi connectivity index (χ0) is 16.7. The van der Waals surface area contributed by atoms with Crippen molar-refractivity contribution in [1.29, 1.82) is 0 Å². The number of allylic oxidation sites excluding steroid dienone is 2. The molecule has 0 aliphatic rings. The molecule has 0 unspecified atom stereocenters. The normalized spacial score (nSPS) is 11.2. The largest absolute Gasteiger partial charge is 0.504 e. The molecular weight excluding hydrogens is 294 g/mol. The Labute approximate surface area is 133 Å². The van der Waals surface area contributed by atoms with Crippen LogP contribution >= 0.6 is 0 Å². The molecule has 0 saturated heterocycles. The van der Waals surface area contributed by atoms with Gasteiger partial charge in [0, 0.05) is 11.9 Å². The van der Waals surface area contributed by atoms with Crippen LogP contribution in [0.2, 0.25) is 0 Å². The second-order valence-corrected chi connectivity index (χ2v) is 4.83. The minimum absolute atomic E-state index is 0.0283. The number of hydrogen-bond donors (Lipinski definition) is 2. The first-order valence-electron chi connectivity index (χ1n) is 7.00. The second-order valence-electron chi connectivity index (χ2n) is 4.83. The van der Waals surface area contributed by atoms with Gasteiger partial charge in [-0.05, 0) is 48.1 Å². The van der Waals surface area contributed by atoms with E-state index in [0.29, 0.717) is 11.3 Å². The molecular formula is C18H17NO4. The van der Waals surface area contributed by atoms with E-state index in [0.717, 1.165) is 5.69 Å². The van der Waals surface area contributed by atoms with E-state index in [1.54, 1.807) is 30.5 Å². The first-order valence-corrected chi connectivity index (χ1v) is 7.00. The van der Waals surface area contributed by atoms with Gasteiger partial charge in [-0.3, -0.25) is 9.59 Å². The number of benzene rings is 1. The smallest absolute Gasteiger partial charge is 0.163 e. The first-order chi connectivity index (χ1) is 11.1. The van der Waals surface area contributed by atoms with E-state index < -0.39 is 0 Å². The Morgan fingerprint density at radius 2 is 1.91 bits per heavy atom. The van der Waals surface area contributed by atoms with Crippen LogP contribution in [0.5, 0.6) is 11.5 Å². The summed E-state index contributed by atoms with van der Waals surface area (Å²) in [6, 6.07) is 8.38. The van der Waals surface area contributed by atoms with E-state index in [1.165, 1.54) is 25.3 Å². The lowest BCUT2D eigenvalue weighted by Gasteiger charge is -2.03. The second kappa shape index (κ2) is 7.79. The third-order valence-electron chi connectivity index (χ3n) is 3.08. The van der Waals surface area contributed by atoms with E-state index >= 15 is 0 Å². The molecule has 2 N–H and O–H groups in total. The van der Waals surface area contributed by atoms with Crippen molar-refractivity contribution in [3.05, 3.63) is 59.9 Å². The maximum absolute atomic E-state index is 11.8. The van der Waals surface area contributed by atoms with Gasteiger partial charge < -0.3 is 14.8 Å². The molecule has 0 aliphatic carbocycles. The lowest BCUT2D eigenvalue weighted by molar-refractivity contribution is -0.121. The van der Waals surface area contributed by atoms with Crippen LogP contribution < -0.4 is 4.74 Å². The number of hydrogen-bond acceptors (Lipinski definition) is 4. The Bertz CT molecular complexity index is 742. The SMILES string of the molecule is COc1cc(/C=C/C(=O)CC(=O)/C=C/c2ccc[nH]2)ccc1O. The Morgan fingerprint density at radius 3 is 2.57 bits per heavy atom. The molecule has 1 aromatic heterocycles. The summed E-state index contributed by atoms with van der Waals surface area (Å²) in [6.07, 6.45) is 7.48. The van der Waals surface area contributed by atoms with E-state index in [-0.39, 0.29) is 23.7 Å². The van der Waals surface area contributed by atoms with E-state index in [2.05, 4.69) is 4.98 Å². The van der Waals surface area contributed by atoms with Crippen LogP contribution in [0.1, 0.15) is 17.7 Å². The van der Waals surface area contributed by atoms with Crippen LogP contribution in [-0.4, -0.2) is 28.8 Å². The van der Waals surface area contributed by atoms with Crippen molar-refractivity contribution in [2.24, 2.45) is 0 Å². The number of H-pyrrole nitrogens is 1. The minimum atomic E-state index is -0.293. The summed E-state index contributed by atoms with van der Waals surface area (Å²) in [7, 11) is 1.45. The fraction of sp³-hybridized carbons (Fsp3) is 0.111. The average molecular weight is 311 g/mol. The molecule has 2 aromatic rings. The van der Waals surface area contributed by atoms with Crippen LogP contribution in [0.15, 0.2) is 48.7 Å². The lowest BCUT2D eigenvalue weighted by atomic mass is 10.1. The molecule has 1 aromatic carbocycles. The lowest BCUT2D eigenvalue weighted by Crippen LogP contribution is -2.01. The van der Waals surface area contributed by atoms with Crippen molar-refractivity contribution in [1.82, 2.24) is 4.98 Å². The highest BCUT2D eigenvalue weighted by Gasteiger charge is 2.05. The van der Waals surface area contributed by atoms with Crippen LogP contribution in [0.25, 0.3) is 12.2 Å². The fourth-order valence-corrected chi connectivity index (χ4v) is 1.91. The van der Waals surface area contributed by atoms with Crippen LogP contribution in [0, 0.1) is 0 Å². The number of rotatable bonds is 7. The van der Waals surface area contributed by atoms with E-state index in [4.69, 9.17) is 4.74 Å². The molecule has 0 amide bonds. The Hall–Kier alpha value is -3.08. The van der Waals surface area contributed by atoms with Gasteiger partial charge in [0.15, 0.2) is 23.1 Å². The average Bonchev–Trinajstić information content (AvgIpc) is 3.05. The maximum Gasteiger partial charge on any atom is 0.163 e. The molecule has 5 nitrogen and oxygen atoms in total. The molecule has 0 fully saturated rings. The Kier molecular flexibility index (Phi) is 5.52. The molecule has 0 aliphatic heterocycles. The highest BCUT2D eigenvalue weighted by atomic mass is 16.5. The number of aromatic hydroxyl groups is 1. The van der Waals surface area contributed by atoms with Gasteiger partial charge in [0.2, 0.25) is 0 Å². The number of phenols is 1. The zero-order valence-corrected chi connectivity index (χ0v) is 12.7. The van der Waals surface area contributed by atoms with Gasteiger partial charge in [0.1, 0.15) is 0 Å². The molecule has 5 heteroatoms. The van der Waals surface area contributed by atoms with Gasteiger partial charge in [-0.25, -0.2) is 0 Å². The number of aromatic nitrogens is 1. The molecule has 23 heavy (non-hydrogen) atoms. The molecule has 0 spiro atoms. The van der Waals surface area contributed by atoms with Gasteiger partial charge in [-0.15, -0.1) is 0 Å². The summed E-state index contributed by atoms with van der Waals surface area (Å²) in [6.45, 7) is 0. The van der Waals surface area contributed by atoms with Crippen molar-refractivity contribution in [2.45, 2.75) is 6.42 Å². The molecule has 0 radical (unpaired) electrons. The summed E-state index contributed by atoms with van der Waals surface area (Å²) >= 11 is 0. The molecule has 2 rings (SSSR count). The zero-order valence-electron chi connectivity index (χ0n) is 12.7. The van der Waals surface area contributed by atoms with E-state index in [1.807, 2.05) is 12.1 Å². The van der Waals surface area contributed by atoms with Crippen molar-refractivity contribution >= 4 is 23.7 Å². The molecule has 0 bridgehead atoms. The van der Waals surface area contributed by atoms with Crippen molar-refractivity contribution in [3.63, 3.8) is 0 Å². The minimum Gasteiger partial charge on any atom is -0.504 e. The molecule has 0 saturated carbocycles. The number of phenolic OH excluding ortho intramolecular Hbond substituents is 1. The number of carbonyl (C=O) groups is 2. The summed E-state index contributed by atoms with van der Waals surface area (Å²) < 4.78 is 4.99. The van der Waals surface area contributed by atoms with Crippen LogP contribution in [0.3, 0.4) is 0 Å². The fourth-order valence-electron chi connectivity index (χ4n) is 1.91. The predicted molar refractivity (Wildman–Crippen MR) is 88.2 cm³/mol. The van der Waals surface area contributed by atoms with Crippen molar-refractivity contribution in [3.8, 4) is 11.5 Å². The summed E-state index contributed by atoms with van der Waals surface area (Å²) in [4.78, 5) is 26.4. The van der Waals surface area contributed by atoms with Gasteiger partial charge >= 0.3 is 0 Å². The standard InChI is InChI=1S/C18H17NO4/c1-23-18-11-13(5-9-17(18)22)4-7-15(20)12-16(21)8-6-14-3-2-10-19-14/h2-11,19,22H,12H2,1H3/b7-4+,8-6+. The van der Waals surface area contributed by atoms with Crippen LogP contribution in [0.4, 0.5) is 0 Å². The number of nitrogens with one attached hydrogen (secondary N) is 1. The number of methoxy groups -OCH3 is 1. The van der Waals surface area contributed by atoms with Crippen LogP contribution in [-0.2, 0) is 9.59 Å².